The van der Waals surface area contributed by atoms with Crippen LogP contribution in [0, 0.1) is 11.3 Å². The van der Waals surface area contributed by atoms with Gasteiger partial charge in [-0.3, -0.25) is 0 Å². The Labute approximate surface area is 142 Å². The second-order valence-corrected chi connectivity index (χ2v) is 7.30. The smallest absolute Gasteiger partial charge is 0.0717 e. The molecular formula is C21H35NO. The minimum Gasteiger partial charge on any atom is -0.375 e. The van der Waals surface area contributed by atoms with Gasteiger partial charge in [-0.2, -0.15) is 0 Å². The van der Waals surface area contributed by atoms with Gasteiger partial charge in [0.25, 0.3) is 0 Å². The quantitative estimate of drug-likeness (QED) is 0.545. The maximum Gasteiger partial charge on any atom is 0.0717 e. The van der Waals surface area contributed by atoms with Gasteiger partial charge in [0, 0.05) is 6.54 Å². The lowest BCUT2D eigenvalue weighted by molar-refractivity contribution is 0.128. The van der Waals surface area contributed by atoms with Gasteiger partial charge in [-0.25, -0.2) is 0 Å². The van der Waals surface area contributed by atoms with Crippen LogP contribution in [-0.2, 0) is 17.8 Å². The van der Waals surface area contributed by atoms with E-state index in [0.29, 0.717) is 25.2 Å². The van der Waals surface area contributed by atoms with Crippen LogP contribution in [0.25, 0.3) is 0 Å². The van der Waals surface area contributed by atoms with Crippen molar-refractivity contribution in [1.29, 1.82) is 0 Å². The molecule has 0 aromatic heterocycles. The number of rotatable bonds is 12. The summed E-state index contributed by atoms with van der Waals surface area (Å²) in [5, 5.41) is 0. The summed E-state index contributed by atoms with van der Waals surface area (Å²) in [6.07, 6.45) is 11.0. The first-order valence-corrected chi connectivity index (χ1v) is 9.59. The zero-order chi connectivity index (χ0) is 16.5. The van der Waals surface area contributed by atoms with Gasteiger partial charge >= 0.3 is 0 Å². The molecule has 0 heterocycles. The number of aryl methyl sites for hydroxylation is 1. The van der Waals surface area contributed by atoms with E-state index in [-0.39, 0.29) is 0 Å². The molecule has 1 aromatic carbocycles. The molecule has 0 atom stereocenters. The third-order valence-corrected chi connectivity index (χ3v) is 5.37. The molecular weight excluding hydrogens is 282 g/mol. The number of benzene rings is 1. The zero-order valence-corrected chi connectivity index (χ0v) is 15.2. The lowest BCUT2D eigenvalue weighted by Crippen LogP contribution is -2.24. The van der Waals surface area contributed by atoms with Crippen LogP contribution >= 0.6 is 0 Å². The third kappa shape index (κ3) is 5.61. The largest absolute Gasteiger partial charge is 0.375 e. The van der Waals surface area contributed by atoms with Crippen LogP contribution in [0.3, 0.4) is 0 Å². The van der Waals surface area contributed by atoms with E-state index < -0.39 is 0 Å². The minimum atomic E-state index is 0.595. The predicted molar refractivity (Wildman–Crippen MR) is 98.4 cm³/mol. The van der Waals surface area contributed by atoms with Gasteiger partial charge in [0.05, 0.1) is 13.2 Å². The molecule has 0 aliphatic heterocycles. The highest BCUT2D eigenvalue weighted by molar-refractivity contribution is 5.23. The summed E-state index contributed by atoms with van der Waals surface area (Å²) >= 11 is 0. The molecule has 0 spiro atoms. The lowest BCUT2D eigenvalue weighted by atomic mass is 9.71. The summed E-state index contributed by atoms with van der Waals surface area (Å²) in [4.78, 5) is 0. The zero-order valence-electron chi connectivity index (χ0n) is 15.2. The van der Waals surface area contributed by atoms with Crippen molar-refractivity contribution >= 4 is 0 Å². The highest BCUT2D eigenvalue weighted by Crippen LogP contribution is 2.53. The van der Waals surface area contributed by atoms with Crippen molar-refractivity contribution in [2.24, 2.45) is 17.1 Å². The predicted octanol–water partition coefficient (Wildman–Crippen LogP) is 5.09. The fraction of sp³-hybridized carbons (Fsp3) is 0.714. The fourth-order valence-corrected chi connectivity index (χ4v) is 4.22. The second-order valence-electron chi connectivity index (χ2n) is 7.30. The molecule has 0 bridgehead atoms. The van der Waals surface area contributed by atoms with Crippen LogP contribution in [0.4, 0.5) is 0 Å². The highest BCUT2D eigenvalue weighted by atomic mass is 16.5. The van der Waals surface area contributed by atoms with Gasteiger partial charge in [-0.05, 0) is 61.0 Å². The summed E-state index contributed by atoms with van der Waals surface area (Å²) in [5.74, 6) is 0.999. The number of ether oxygens (including phenoxy) is 1. The molecule has 0 radical (unpaired) electrons. The van der Waals surface area contributed by atoms with Crippen LogP contribution in [-0.4, -0.2) is 13.2 Å². The molecule has 2 nitrogen and oxygen atoms in total. The summed E-state index contributed by atoms with van der Waals surface area (Å²) in [5.41, 5.74) is 8.84. The van der Waals surface area contributed by atoms with Crippen LogP contribution < -0.4 is 5.73 Å². The van der Waals surface area contributed by atoms with E-state index in [1.807, 2.05) is 0 Å². The van der Waals surface area contributed by atoms with Gasteiger partial charge < -0.3 is 10.5 Å². The number of hydrogen-bond acceptors (Lipinski definition) is 2. The summed E-state index contributed by atoms with van der Waals surface area (Å²) in [6.45, 7) is 6.62. The summed E-state index contributed by atoms with van der Waals surface area (Å²) in [6, 6.07) is 8.94. The van der Waals surface area contributed by atoms with Gasteiger partial charge in [-0.15, -0.1) is 0 Å². The molecule has 2 N–H and O–H groups in total. The van der Waals surface area contributed by atoms with E-state index in [9.17, 15) is 0 Å². The molecule has 1 aromatic rings. The number of hydrogen-bond donors (Lipinski definition) is 1. The van der Waals surface area contributed by atoms with Crippen molar-refractivity contribution in [2.45, 2.75) is 71.8 Å². The van der Waals surface area contributed by atoms with Crippen LogP contribution in [0.15, 0.2) is 24.3 Å². The van der Waals surface area contributed by atoms with Crippen LogP contribution in [0.2, 0.25) is 0 Å². The Balaban J connectivity index is 1.95. The molecule has 0 amide bonds. The van der Waals surface area contributed by atoms with E-state index in [1.165, 1.54) is 62.5 Å². The maximum atomic E-state index is 5.57. The highest BCUT2D eigenvalue weighted by Gasteiger charge is 2.42. The van der Waals surface area contributed by atoms with Crippen LogP contribution in [0.5, 0.6) is 0 Å². The maximum absolute atomic E-state index is 5.57. The molecule has 1 aliphatic rings. The third-order valence-electron chi connectivity index (χ3n) is 5.37. The Bertz CT molecular complexity index is 447. The second kappa shape index (κ2) is 9.44. The lowest BCUT2D eigenvalue weighted by Gasteiger charge is -2.34. The Kier molecular flexibility index (Phi) is 7.58. The molecule has 1 aliphatic carbocycles. The molecule has 1 fully saturated rings. The first-order valence-electron chi connectivity index (χ1n) is 9.59. The SMILES string of the molecule is CCCC(CCC)(CCc1cccc(COCCN)c1)C1CC1. The minimum absolute atomic E-state index is 0.595. The monoisotopic (exact) mass is 317 g/mol. The van der Waals surface area contributed by atoms with Crippen LogP contribution in [0.1, 0.15) is 69.9 Å². The van der Waals surface area contributed by atoms with E-state index >= 15 is 0 Å². The van der Waals surface area contributed by atoms with Gasteiger partial charge in [0.2, 0.25) is 0 Å². The average Bonchev–Trinajstić information content (AvgIpc) is 3.39. The Hall–Kier alpha value is -0.860. The van der Waals surface area contributed by atoms with Gasteiger partial charge in [0.1, 0.15) is 0 Å². The van der Waals surface area contributed by atoms with Crippen molar-refractivity contribution < 1.29 is 4.74 Å². The molecule has 23 heavy (non-hydrogen) atoms. The number of nitrogens with two attached hydrogens (primary N) is 1. The standard InChI is InChI=1S/C21H35NO/c1-3-11-21(12-4-2,20-8-9-20)13-10-18-6-5-7-19(16-18)17-23-15-14-22/h5-7,16,20H,3-4,8-15,17,22H2,1-2H3. The van der Waals surface area contributed by atoms with E-state index in [4.69, 9.17) is 10.5 Å². The first kappa shape index (κ1) is 18.5. The molecule has 0 unspecified atom stereocenters. The Morgan fingerprint density at radius 2 is 1.78 bits per heavy atom. The molecule has 2 rings (SSSR count). The van der Waals surface area contributed by atoms with E-state index in [1.54, 1.807) is 0 Å². The van der Waals surface area contributed by atoms with Crippen molar-refractivity contribution in [3.05, 3.63) is 35.4 Å². The molecule has 2 heteroatoms. The normalized spacial score (nSPS) is 15.1. The Morgan fingerprint density at radius 1 is 1.09 bits per heavy atom. The average molecular weight is 318 g/mol. The summed E-state index contributed by atoms with van der Waals surface area (Å²) < 4.78 is 5.57. The van der Waals surface area contributed by atoms with Crippen molar-refractivity contribution in [2.75, 3.05) is 13.2 Å². The molecule has 1 saturated carbocycles. The first-order chi connectivity index (χ1) is 11.2. The Morgan fingerprint density at radius 3 is 2.39 bits per heavy atom. The fourth-order valence-electron chi connectivity index (χ4n) is 4.22. The molecule has 130 valence electrons. The van der Waals surface area contributed by atoms with Crippen molar-refractivity contribution in [3.8, 4) is 0 Å². The van der Waals surface area contributed by atoms with Gasteiger partial charge in [0.15, 0.2) is 0 Å². The van der Waals surface area contributed by atoms with Crippen molar-refractivity contribution in [3.63, 3.8) is 0 Å². The molecule has 0 saturated heterocycles. The van der Waals surface area contributed by atoms with Crippen molar-refractivity contribution in [1.82, 2.24) is 0 Å². The topological polar surface area (TPSA) is 35.2 Å². The van der Waals surface area contributed by atoms with E-state index in [0.717, 1.165) is 5.92 Å². The summed E-state index contributed by atoms with van der Waals surface area (Å²) in [7, 11) is 0. The van der Waals surface area contributed by atoms with E-state index in [2.05, 4.69) is 38.1 Å². The van der Waals surface area contributed by atoms with Gasteiger partial charge in [-0.1, -0.05) is 51.0 Å².